The summed E-state index contributed by atoms with van der Waals surface area (Å²) in [5.74, 6) is -0.330. The number of esters is 1. The van der Waals surface area contributed by atoms with Crippen molar-refractivity contribution >= 4 is 21.7 Å². The molecule has 0 unspecified atom stereocenters. The Hall–Kier alpha value is -2.09. The van der Waals surface area contributed by atoms with Gasteiger partial charge in [0.25, 0.3) is 5.91 Å². The molecule has 0 aromatic heterocycles. The first kappa shape index (κ1) is 20.2. The molecule has 1 aliphatic rings. The second-order valence-electron chi connectivity index (χ2n) is 6.43. The van der Waals surface area contributed by atoms with E-state index < -0.39 is 27.8 Å². The highest BCUT2D eigenvalue weighted by molar-refractivity contribution is 7.91. The number of ether oxygens (including phenoxy) is 2. The lowest BCUT2D eigenvalue weighted by Crippen LogP contribution is -2.44. The molecule has 7 nitrogen and oxygen atoms in total. The topological polar surface area (TPSA) is 90.0 Å². The Labute approximate surface area is 154 Å². The van der Waals surface area contributed by atoms with Crippen LogP contribution >= 0.6 is 0 Å². The Kier molecular flexibility index (Phi) is 6.63. The van der Waals surface area contributed by atoms with Crippen molar-refractivity contribution in [3.05, 3.63) is 29.8 Å². The fourth-order valence-electron chi connectivity index (χ4n) is 2.73. The molecule has 26 heavy (non-hydrogen) atoms. The highest BCUT2D eigenvalue weighted by atomic mass is 32.2. The van der Waals surface area contributed by atoms with Gasteiger partial charge < -0.3 is 14.4 Å². The van der Waals surface area contributed by atoms with E-state index in [9.17, 15) is 18.0 Å². The molecule has 1 aromatic carbocycles. The lowest BCUT2D eigenvalue weighted by Gasteiger charge is -2.26. The van der Waals surface area contributed by atoms with E-state index in [0.29, 0.717) is 24.3 Å². The van der Waals surface area contributed by atoms with Gasteiger partial charge in [0.15, 0.2) is 15.9 Å². The van der Waals surface area contributed by atoms with Gasteiger partial charge in [-0.3, -0.25) is 4.79 Å². The number of carbonyl (C=O) groups excluding carboxylic acids is 2. The van der Waals surface area contributed by atoms with E-state index in [-0.39, 0.29) is 17.5 Å². The van der Waals surface area contributed by atoms with Crippen molar-refractivity contribution in [3.63, 3.8) is 0 Å². The molecule has 0 N–H and O–H groups in total. The molecule has 1 saturated heterocycles. The standard InChI is InChI=1S/C18H25NO6S/c1-4-10-24-16-7-5-14(6-8-16)18(21)25-13(2)17(20)19(3)15-9-11-26(22,23)12-15/h5-8,13,15H,4,9-12H2,1-3H3/t13-,15-/m0/s1. The number of hydrogen-bond acceptors (Lipinski definition) is 6. The van der Waals surface area contributed by atoms with E-state index in [4.69, 9.17) is 9.47 Å². The molecule has 0 bridgehead atoms. The summed E-state index contributed by atoms with van der Waals surface area (Å²) in [7, 11) is -1.55. The van der Waals surface area contributed by atoms with Crippen molar-refractivity contribution in [1.29, 1.82) is 0 Å². The van der Waals surface area contributed by atoms with Gasteiger partial charge in [0.1, 0.15) is 5.75 Å². The molecule has 2 atom stereocenters. The molecule has 1 aromatic rings. The number of carbonyl (C=O) groups is 2. The van der Waals surface area contributed by atoms with Crippen molar-refractivity contribution in [1.82, 2.24) is 4.90 Å². The average Bonchev–Trinajstić information content (AvgIpc) is 2.98. The Bertz CT molecular complexity index is 743. The summed E-state index contributed by atoms with van der Waals surface area (Å²) in [5.41, 5.74) is 0.319. The zero-order chi connectivity index (χ0) is 19.3. The molecule has 1 amide bonds. The molecule has 0 spiro atoms. The summed E-state index contributed by atoms with van der Waals surface area (Å²) < 4.78 is 33.8. The van der Waals surface area contributed by atoms with Gasteiger partial charge in [-0.05, 0) is 44.0 Å². The van der Waals surface area contributed by atoms with E-state index >= 15 is 0 Å². The predicted molar refractivity (Wildman–Crippen MR) is 96.9 cm³/mol. The van der Waals surface area contributed by atoms with Gasteiger partial charge in [0.2, 0.25) is 0 Å². The highest BCUT2D eigenvalue weighted by Crippen LogP contribution is 2.18. The van der Waals surface area contributed by atoms with Crippen LogP contribution in [-0.4, -0.2) is 62.5 Å². The number of nitrogens with zero attached hydrogens (tertiary/aromatic N) is 1. The normalized spacial score (nSPS) is 19.6. The Morgan fingerprint density at radius 1 is 1.27 bits per heavy atom. The minimum atomic E-state index is -3.09. The molecule has 8 heteroatoms. The summed E-state index contributed by atoms with van der Waals surface area (Å²) in [6.07, 6.45) is 0.302. The number of likely N-dealkylation sites (N-methyl/N-ethyl adjacent to an activating group) is 1. The van der Waals surface area contributed by atoms with Crippen LogP contribution in [0, 0.1) is 0 Å². The largest absolute Gasteiger partial charge is 0.494 e. The Morgan fingerprint density at radius 2 is 1.92 bits per heavy atom. The fourth-order valence-corrected chi connectivity index (χ4v) is 4.51. The molecule has 144 valence electrons. The van der Waals surface area contributed by atoms with Crippen LogP contribution in [0.3, 0.4) is 0 Å². The van der Waals surface area contributed by atoms with Gasteiger partial charge in [-0.2, -0.15) is 0 Å². The van der Waals surface area contributed by atoms with E-state index in [0.717, 1.165) is 6.42 Å². The van der Waals surface area contributed by atoms with Gasteiger partial charge in [-0.1, -0.05) is 6.92 Å². The monoisotopic (exact) mass is 383 g/mol. The number of amides is 1. The molecule has 1 aliphatic heterocycles. The first-order valence-electron chi connectivity index (χ1n) is 8.64. The van der Waals surface area contributed by atoms with E-state index in [2.05, 4.69) is 0 Å². The van der Waals surface area contributed by atoms with Crippen LogP contribution < -0.4 is 4.74 Å². The number of hydrogen-bond donors (Lipinski definition) is 0. The van der Waals surface area contributed by atoms with Crippen molar-refractivity contribution in [2.24, 2.45) is 0 Å². The van der Waals surface area contributed by atoms with Crippen molar-refractivity contribution in [2.75, 3.05) is 25.2 Å². The quantitative estimate of drug-likeness (QED) is 0.665. The van der Waals surface area contributed by atoms with Crippen LogP contribution in [0.2, 0.25) is 0 Å². The smallest absolute Gasteiger partial charge is 0.338 e. The molecular formula is C18H25NO6S. The third-order valence-electron chi connectivity index (χ3n) is 4.30. The zero-order valence-corrected chi connectivity index (χ0v) is 16.1. The molecule has 0 saturated carbocycles. The lowest BCUT2D eigenvalue weighted by molar-refractivity contribution is -0.140. The van der Waals surface area contributed by atoms with Gasteiger partial charge in [0, 0.05) is 13.1 Å². The first-order chi connectivity index (χ1) is 12.2. The van der Waals surface area contributed by atoms with Crippen LogP contribution in [0.1, 0.15) is 37.0 Å². The Morgan fingerprint density at radius 3 is 2.46 bits per heavy atom. The second kappa shape index (κ2) is 8.53. The Balaban J connectivity index is 1.92. The number of sulfone groups is 1. The van der Waals surface area contributed by atoms with Crippen LogP contribution in [0.25, 0.3) is 0 Å². The highest BCUT2D eigenvalue weighted by Gasteiger charge is 2.35. The summed E-state index contributed by atoms with van der Waals surface area (Å²) in [6, 6.07) is 6.14. The summed E-state index contributed by atoms with van der Waals surface area (Å²) >= 11 is 0. The average molecular weight is 383 g/mol. The molecule has 1 fully saturated rings. The minimum Gasteiger partial charge on any atom is -0.494 e. The van der Waals surface area contributed by atoms with Gasteiger partial charge >= 0.3 is 5.97 Å². The van der Waals surface area contributed by atoms with Crippen LogP contribution in [-0.2, 0) is 19.4 Å². The summed E-state index contributed by atoms with van der Waals surface area (Å²) in [6.45, 7) is 4.08. The van der Waals surface area contributed by atoms with E-state index in [1.807, 2.05) is 6.92 Å². The number of rotatable bonds is 7. The SMILES string of the molecule is CCCOc1ccc(C(=O)O[C@@H](C)C(=O)N(C)[C@H]2CCS(=O)(=O)C2)cc1. The van der Waals surface area contributed by atoms with Crippen LogP contribution in [0.4, 0.5) is 0 Å². The van der Waals surface area contributed by atoms with Gasteiger partial charge in [-0.25, -0.2) is 13.2 Å². The summed E-state index contributed by atoms with van der Waals surface area (Å²) in [4.78, 5) is 26.0. The van der Waals surface area contributed by atoms with Crippen molar-refractivity contribution in [2.45, 2.75) is 38.8 Å². The van der Waals surface area contributed by atoms with Crippen LogP contribution in [0.15, 0.2) is 24.3 Å². The zero-order valence-electron chi connectivity index (χ0n) is 15.3. The predicted octanol–water partition coefficient (Wildman–Crippen LogP) is 1.67. The van der Waals surface area contributed by atoms with Crippen LogP contribution in [0.5, 0.6) is 5.75 Å². The second-order valence-corrected chi connectivity index (χ2v) is 8.66. The van der Waals surface area contributed by atoms with E-state index in [1.165, 1.54) is 18.9 Å². The minimum absolute atomic E-state index is 0.0465. The molecule has 2 rings (SSSR count). The third-order valence-corrected chi connectivity index (χ3v) is 6.05. The van der Waals surface area contributed by atoms with Crippen molar-refractivity contribution < 1.29 is 27.5 Å². The molecular weight excluding hydrogens is 358 g/mol. The fraction of sp³-hybridized carbons (Fsp3) is 0.556. The summed E-state index contributed by atoms with van der Waals surface area (Å²) in [5, 5.41) is 0. The van der Waals surface area contributed by atoms with Gasteiger partial charge in [-0.15, -0.1) is 0 Å². The lowest BCUT2D eigenvalue weighted by atomic mass is 10.2. The molecule has 1 heterocycles. The van der Waals surface area contributed by atoms with E-state index in [1.54, 1.807) is 24.3 Å². The third kappa shape index (κ3) is 5.20. The number of benzene rings is 1. The molecule has 0 radical (unpaired) electrons. The maximum atomic E-state index is 12.4. The first-order valence-corrected chi connectivity index (χ1v) is 10.5. The van der Waals surface area contributed by atoms with Crippen molar-refractivity contribution in [3.8, 4) is 5.75 Å². The van der Waals surface area contributed by atoms with Gasteiger partial charge in [0.05, 0.1) is 23.7 Å². The maximum absolute atomic E-state index is 12.4. The maximum Gasteiger partial charge on any atom is 0.338 e. The molecule has 0 aliphatic carbocycles.